The van der Waals surface area contributed by atoms with E-state index in [1.54, 1.807) is 17.8 Å². The molecule has 0 saturated carbocycles. The second-order valence-corrected chi connectivity index (χ2v) is 7.21. The van der Waals surface area contributed by atoms with Gasteiger partial charge in [-0.2, -0.15) is 11.8 Å². The molecule has 2 heterocycles. The maximum absolute atomic E-state index is 12.4. The van der Waals surface area contributed by atoms with Gasteiger partial charge in [0.25, 0.3) is 5.91 Å². The van der Waals surface area contributed by atoms with Crippen LogP contribution in [0.15, 0.2) is 16.7 Å². The van der Waals surface area contributed by atoms with Crippen LogP contribution in [0.5, 0.6) is 0 Å². The van der Waals surface area contributed by atoms with Crippen molar-refractivity contribution in [2.45, 2.75) is 31.8 Å². The third-order valence-corrected chi connectivity index (χ3v) is 5.01. The zero-order chi connectivity index (χ0) is 14.9. The maximum Gasteiger partial charge on any atom is 0.330 e. The van der Waals surface area contributed by atoms with Crippen molar-refractivity contribution < 1.29 is 14.7 Å². The lowest BCUT2D eigenvalue weighted by Crippen LogP contribution is -2.55. The molecule has 1 fully saturated rings. The summed E-state index contributed by atoms with van der Waals surface area (Å²) in [6.07, 6.45) is 2.29. The van der Waals surface area contributed by atoms with Gasteiger partial charge in [-0.3, -0.25) is 4.79 Å². The minimum atomic E-state index is -1.14. The van der Waals surface area contributed by atoms with Crippen LogP contribution < -0.4 is 5.32 Å². The molecule has 2 N–H and O–H groups in total. The summed E-state index contributed by atoms with van der Waals surface area (Å²) in [5.41, 5.74) is -0.662. The van der Waals surface area contributed by atoms with E-state index in [0.717, 1.165) is 10.2 Å². The number of hydrogen-bond donors (Lipinski definition) is 2. The minimum Gasteiger partial charge on any atom is -0.479 e. The van der Waals surface area contributed by atoms with Crippen molar-refractivity contribution >= 4 is 39.6 Å². The molecule has 7 heteroatoms. The van der Waals surface area contributed by atoms with Crippen molar-refractivity contribution in [1.82, 2.24) is 9.88 Å². The van der Waals surface area contributed by atoms with Gasteiger partial charge in [0.05, 0.1) is 0 Å². The van der Waals surface area contributed by atoms with Crippen LogP contribution in [0.4, 0.5) is 0 Å². The molecule has 0 radical (unpaired) electrons. The number of nitrogens with one attached hydrogen (secondary N) is 1. The number of hydrogen-bond acceptors (Lipinski definition) is 3. The fraction of sp³-hybridized carbons (Fsp3) is 0.538. The summed E-state index contributed by atoms with van der Waals surface area (Å²) >= 11 is 4.90. The first-order valence-corrected chi connectivity index (χ1v) is 8.31. The monoisotopic (exact) mass is 360 g/mol. The molecule has 1 amide bonds. The third kappa shape index (κ3) is 2.88. The summed E-state index contributed by atoms with van der Waals surface area (Å²) in [5.74, 6) is -0.133. The van der Waals surface area contributed by atoms with Gasteiger partial charge in [-0.25, -0.2) is 4.79 Å². The number of carbonyl (C=O) groups excluding carboxylic acids is 1. The van der Waals surface area contributed by atoms with E-state index in [9.17, 15) is 14.7 Å². The highest BCUT2D eigenvalue weighted by atomic mass is 79.9. The summed E-state index contributed by atoms with van der Waals surface area (Å²) < 4.78 is 2.64. The summed E-state index contributed by atoms with van der Waals surface area (Å²) in [7, 11) is 0. The minimum absolute atomic E-state index is 0.126. The molecular formula is C13H17BrN2O3S. The second-order valence-electron chi connectivity index (χ2n) is 5.19. The summed E-state index contributed by atoms with van der Waals surface area (Å²) in [6.45, 7) is 3.95. The smallest absolute Gasteiger partial charge is 0.330 e. The largest absolute Gasteiger partial charge is 0.479 e. The Hall–Kier alpha value is -0.950. The molecule has 1 aromatic heterocycles. The lowest BCUT2D eigenvalue weighted by molar-refractivity contribution is -0.143. The van der Waals surface area contributed by atoms with E-state index >= 15 is 0 Å². The SMILES string of the molecule is CC(C)n1cc(Br)cc1C(=O)NC1(C(=O)O)CCSC1. The number of carboxylic acids is 1. The van der Waals surface area contributed by atoms with Crippen LogP contribution in [-0.2, 0) is 4.79 Å². The van der Waals surface area contributed by atoms with Crippen LogP contribution in [-0.4, -0.2) is 38.6 Å². The zero-order valence-electron chi connectivity index (χ0n) is 11.4. The molecule has 0 bridgehead atoms. The van der Waals surface area contributed by atoms with E-state index in [2.05, 4.69) is 21.2 Å². The van der Waals surface area contributed by atoms with E-state index < -0.39 is 11.5 Å². The molecule has 5 nitrogen and oxygen atoms in total. The molecule has 0 spiro atoms. The average molecular weight is 361 g/mol. The van der Waals surface area contributed by atoms with Crippen LogP contribution in [0.3, 0.4) is 0 Å². The summed E-state index contributed by atoms with van der Waals surface area (Å²) in [5, 5.41) is 12.1. The van der Waals surface area contributed by atoms with E-state index in [-0.39, 0.29) is 11.9 Å². The van der Waals surface area contributed by atoms with Gasteiger partial charge in [0.15, 0.2) is 0 Å². The van der Waals surface area contributed by atoms with Gasteiger partial charge in [0.2, 0.25) is 0 Å². The lowest BCUT2D eigenvalue weighted by atomic mass is 9.99. The molecule has 110 valence electrons. The fourth-order valence-corrected chi connectivity index (χ4v) is 3.98. The van der Waals surface area contributed by atoms with Crippen molar-refractivity contribution in [3.63, 3.8) is 0 Å². The zero-order valence-corrected chi connectivity index (χ0v) is 13.8. The number of carbonyl (C=O) groups is 2. The second kappa shape index (κ2) is 5.81. The highest BCUT2D eigenvalue weighted by molar-refractivity contribution is 9.10. The average Bonchev–Trinajstić information content (AvgIpc) is 2.96. The first-order chi connectivity index (χ1) is 9.35. The predicted molar refractivity (Wildman–Crippen MR) is 82.3 cm³/mol. The number of nitrogens with zero attached hydrogens (tertiary/aromatic N) is 1. The highest BCUT2D eigenvalue weighted by Crippen LogP contribution is 2.29. The fourth-order valence-electron chi connectivity index (χ4n) is 2.22. The Labute approximate surface area is 130 Å². The molecule has 2 rings (SSSR count). The lowest BCUT2D eigenvalue weighted by Gasteiger charge is -2.25. The standard InChI is InChI=1S/C13H17BrN2O3S/c1-8(2)16-6-9(14)5-10(16)11(17)15-13(12(18)19)3-4-20-7-13/h5-6,8H,3-4,7H2,1-2H3,(H,15,17)(H,18,19). The van der Waals surface area contributed by atoms with Crippen molar-refractivity contribution in [1.29, 1.82) is 0 Å². The summed E-state index contributed by atoms with van der Waals surface area (Å²) in [6, 6.07) is 1.84. The Bertz CT molecular complexity index is 536. The third-order valence-electron chi connectivity index (χ3n) is 3.39. The van der Waals surface area contributed by atoms with Crippen molar-refractivity contribution in [3.05, 3.63) is 22.4 Å². The number of thioether (sulfide) groups is 1. The molecule has 0 aromatic carbocycles. The van der Waals surface area contributed by atoms with Crippen LogP contribution in [0.2, 0.25) is 0 Å². The molecule has 1 unspecified atom stereocenters. The van der Waals surface area contributed by atoms with Crippen molar-refractivity contribution in [2.75, 3.05) is 11.5 Å². The topological polar surface area (TPSA) is 71.3 Å². The molecule has 1 aliphatic rings. The van der Waals surface area contributed by atoms with Gasteiger partial charge in [0, 0.05) is 22.5 Å². The van der Waals surface area contributed by atoms with E-state index in [1.807, 2.05) is 24.6 Å². The van der Waals surface area contributed by atoms with Gasteiger partial charge in [-0.15, -0.1) is 0 Å². The van der Waals surface area contributed by atoms with Gasteiger partial charge < -0.3 is 15.0 Å². The number of rotatable bonds is 4. The Balaban J connectivity index is 2.26. The number of carboxylic acid groups (broad SMARTS) is 1. The Morgan fingerprint density at radius 1 is 1.55 bits per heavy atom. The number of halogens is 1. The van der Waals surface area contributed by atoms with Crippen molar-refractivity contribution in [2.24, 2.45) is 0 Å². The van der Waals surface area contributed by atoms with Crippen LogP contribution in [0.25, 0.3) is 0 Å². The molecule has 0 aliphatic carbocycles. The van der Waals surface area contributed by atoms with Gasteiger partial charge in [-0.1, -0.05) is 0 Å². The normalized spacial score (nSPS) is 22.2. The highest BCUT2D eigenvalue weighted by Gasteiger charge is 2.43. The molecule has 1 saturated heterocycles. The number of aliphatic carboxylic acids is 1. The van der Waals surface area contributed by atoms with Gasteiger partial charge in [0.1, 0.15) is 11.2 Å². The van der Waals surface area contributed by atoms with Gasteiger partial charge >= 0.3 is 5.97 Å². The van der Waals surface area contributed by atoms with Crippen LogP contribution >= 0.6 is 27.7 Å². The molecule has 1 atom stereocenters. The first kappa shape index (κ1) is 15.4. The van der Waals surface area contributed by atoms with E-state index in [1.165, 1.54) is 0 Å². The van der Waals surface area contributed by atoms with Gasteiger partial charge in [-0.05, 0) is 48.0 Å². The van der Waals surface area contributed by atoms with Crippen LogP contribution in [0, 0.1) is 0 Å². The molecular weight excluding hydrogens is 344 g/mol. The maximum atomic E-state index is 12.4. The Morgan fingerprint density at radius 3 is 2.75 bits per heavy atom. The number of aromatic nitrogens is 1. The van der Waals surface area contributed by atoms with Crippen LogP contribution in [0.1, 0.15) is 36.8 Å². The Kier molecular flexibility index (Phi) is 4.49. The molecule has 1 aliphatic heterocycles. The predicted octanol–water partition coefficient (Wildman–Crippen LogP) is 2.52. The number of amides is 1. The van der Waals surface area contributed by atoms with E-state index in [4.69, 9.17) is 0 Å². The molecule has 20 heavy (non-hydrogen) atoms. The Morgan fingerprint density at radius 2 is 2.25 bits per heavy atom. The van der Waals surface area contributed by atoms with Crippen molar-refractivity contribution in [3.8, 4) is 0 Å². The quantitative estimate of drug-likeness (QED) is 0.865. The first-order valence-electron chi connectivity index (χ1n) is 6.37. The summed E-state index contributed by atoms with van der Waals surface area (Å²) in [4.78, 5) is 23.9. The van der Waals surface area contributed by atoms with E-state index in [0.29, 0.717) is 17.9 Å². The molecule has 1 aromatic rings.